The van der Waals surface area contributed by atoms with Gasteiger partial charge in [0.2, 0.25) is 17.7 Å². The first kappa shape index (κ1) is 40.6. The molecule has 6 amide bonds. The number of para-hydroxylation sites is 1. The van der Waals surface area contributed by atoms with Crippen LogP contribution < -0.4 is 37.1 Å². The summed E-state index contributed by atoms with van der Waals surface area (Å²) >= 11 is 1.66. The molecule has 0 saturated heterocycles. The van der Waals surface area contributed by atoms with Crippen LogP contribution in [-0.2, 0) is 30.3 Å². The topological polar surface area (TPSA) is 216 Å². The van der Waals surface area contributed by atoms with E-state index in [0.29, 0.717) is 11.3 Å². The molecule has 0 saturated carbocycles. The Morgan fingerprint density at radius 3 is 1.82 bits per heavy atom. The summed E-state index contributed by atoms with van der Waals surface area (Å²) < 4.78 is 14.9. The summed E-state index contributed by atoms with van der Waals surface area (Å²) in [7, 11) is 0. The van der Waals surface area contributed by atoms with Crippen LogP contribution in [0, 0.1) is 0 Å². The highest BCUT2D eigenvalue weighted by atomic mass is 127. The molecule has 2 aromatic rings. The van der Waals surface area contributed by atoms with Crippen LogP contribution in [0.1, 0.15) is 59.9 Å². The smallest absolute Gasteiger partial charge is 0.412 e. The maximum absolute atomic E-state index is 13.1. The van der Waals surface area contributed by atoms with E-state index in [2.05, 4.69) is 26.6 Å². The van der Waals surface area contributed by atoms with E-state index in [4.69, 9.17) is 19.9 Å². The SMILES string of the molecule is CC(C)(C)OC(=O)N[C@@H](Cc1ccc(OC(=O)NCCC[C@H](NC(=O)OC(C)(C)C)C(=O)N[C@@H](I)C(N)=O)cc1)C(=O)Nc1ccccc1. The predicted octanol–water partition coefficient (Wildman–Crippen LogP) is 3.89. The molecular formula is C33H45IN6O9. The molecule has 2 rings (SSSR count). The molecular weight excluding hydrogens is 751 g/mol. The lowest BCUT2D eigenvalue weighted by atomic mass is 10.0. The second-order valence-electron chi connectivity index (χ2n) is 12.8. The number of amides is 6. The van der Waals surface area contributed by atoms with E-state index in [0.717, 1.165) is 0 Å². The van der Waals surface area contributed by atoms with Crippen LogP contribution in [0.25, 0.3) is 0 Å². The number of hydrogen-bond acceptors (Lipinski definition) is 9. The maximum Gasteiger partial charge on any atom is 0.412 e. The summed E-state index contributed by atoms with van der Waals surface area (Å²) in [4.78, 5) is 74.4. The van der Waals surface area contributed by atoms with Gasteiger partial charge in [0.25, 0.3) is 0 Å². The van der Waals surface area contributed by atoms with Gasteiger partial charge in [-0.1, -0.05) is 30.3 Å². The van der Waals surface area contributed by atoms with Crippen LogP contribution in [0.5, 0.6) is 5.75 Å². The molecule has 2 aromatic carbocycles. The predicted molar refractivity (Wildman–Crippen MR) is 190 cm³/mol. The van der Waals surface area contributed by atoms with Gasteiger partial charge in [-0.3, -0.25) is 14.4 Å². The Bertz CT molecular complexity index is 1440. The molecule has 7 N–H and O–H groups in total. The van der Waals surface area contributed by atoms with Crippen molar-refractivity contribution in [3.8, 4) is 5.75 Å². The Hall–Kier alpha value is -4.61. The zero-order valence-electron chi connectivity index (χ0n) is 28.4. The van der Waals surface area contributed by atoms with E-state index < -0.39 is 63.3 Å². The van der Waals surface area contributed by atoms with Gasteiger partial charge in [-0.15, -0.1) is 0 Å². The van der Waals surface area contributed by atoms with Crippen LogP contribution in [-0.4, -0.2) is 69.9 Å². The molecule has 49 heavy (non-hydrogen) atoms. The number of ether oxygens (including phenoxy) is 3. The van der Waals surface area contributed by atoms with Gasteiger partial charge in [-0.05, 0) is 107 Å². The number of nitrogens with two attached hydrogens (primary N) is 1. The lowest BCUT2D eigenvalue weighted by Gasteiger charge is -2.24. The number of primary amides is 1. The van der Waals surface area contributed by atoms with E-state index in [1.807, 2.05) is 6.07 Å². The van der Waals surface area contributed by atoms with Gasteiger partial charge in [0.1, 0.15) is 29.0 Å². The van der Waals surface area contributed by atoms with Crippen LogP contribution in [0.15, 0.2) is 54.6 Å². The largest absolute Gasteiger partial charge is 0.444 e. The molecule has 0 spiro atoms. The average Bonchev–Trinajstić information content (AvgIpc) is 2.97. The molecule has 0 unspecified atom stereocenters. The number of alkyl halides is 1. The van der Waals surface area contributed by atoms with Gasteiger partial charge >= 0.3 is 18.3 Å². The Kier molecular flexibility index (Phi) is 15.6. The number of anilines is 1. The summed E-state index contributed by atoms with van der Waals surface area (Å²) in [6, 6.07) is 13.2. The number of rotatable bonds is 14. The number of halogens is 1. The van der Waals surface area contributed by atoms with Gasteiger partial charge in [-0.2, -0.15) is 0 Å². The van der Waals surface area contributed by atoms with E-state index in [-0.39, 0.29) is 31.6 Å². The van der Waals surface area contributed by atoms with Gasteiger partial charge in [0, 0.05) is 18.7 Å². The average molecular weight is 797 g/mol. The molecule has 0 heterocycles. The summed E-state index contributed by atoms with van der Waals surface area (Å²) in [6.45, 7) is 10.3. The van der Waals surface area contributed by atoms with Crippen molar-refractivity contribution in [1.82, 2.24) is 21.3 Å². The Labute approximate surface area is 299 Å². The monoisotopic (exact) mass is 796 g/mol. The van der Waals surface area contributed by atoms with Gasteiger partial charge < -0.3 is 46.5 Å². The number of alkyl carbamates (subject to hydrolysis) is 2. The first-order valence-electron chi connectivity index (χ1n) is 15.4. The number of benzene rings is 2. The molecule has 15 nitrogen and oxygen atoms in total. The second kappa shape index (κ2) is 18.8. The minimum Gasteiger partial charge on any atom is -0.444 e. The van der Waals surface area contributed by atoms with E-state index >= 15 is 0 Å². The molecule has 268 valence electrons. The van der Waals surface area contributed by atoms with Gasteiger partial charge in [0.15, 0.2) is 4.05 Å². The molecule has 0 aliphatic heterocycles. The molecule has 0 aromatic heterocycles. The van der Waals surface area contributed by atoms with Crippen LogP contribution in [0.2, 0.25) is 0 Å². The lowest BCUT2D eigenvalue weighted by Crippen LogP contribution is -2.52. The highest BCUT2D eigenvalue weighted by molar-refractivity contribution is 14.1. The van der Waals surface area contributed by atoms with Crippen molar-refractivity contribution in [2.24, 2.45) is 5.73 Å². The molecule has 16 heteroatoms. The minimum absolute atomic E-state index is 0.0920. The van der Waals surface area contributed by atoms with Crippen molar-refractivity contribution in [3.63, 3.8) is 0 Å². The molecule has 3 atom stereocenters. The van der Waals surface area contributed by atoms with E-state index in [1.54, 1.807) is 113 Å². The highest BCUT2D eigenvalue weighted by Crippen LogP contribution is 2.16. The Morgan fingerprint density at radius 2 is 1.29 bits per heavy atom. The maximum atomic E-state index is 13.1. The number of nitrogens with one attached hydrogen (secondary N) is 5. The summed E-state index contributed by atoms with van der Waals surface area (Å²) in [5.41, 5.74) is 4.89. The lowest BCUT2D eigenvalue weighted by molar-refractivity contribution is -0.126. The molecule has 0 radical (unpaired) electrons. The third-order valence-electron chi connectivity index (χ3n) is 6.09. The van der Waals surface area contributed by atoms with Crippen molar-refractivity contribution < 1.29 is 43.0 Å². The normalized spacial score (nSPS) is 13.0. The highest BCUT2D eigenvalue weighted by Gasteiger charge is 2.27. The first-order chi connectivity index (χ1) is 22.8. The molecule has 0 bridgehead atoms. The number of carbonyl (C=O) groups excluding carboxylic acids is 6. The van der Waals surface area contributed by atoms with E-state index in [9.17, 15) is 28.8 Å². The van der Waals surface area contributed by atoms with Crippen molar-refractivity contribution in [1.29, 1.82) is 0 Å². The third-order valence-corrected chi connectivity index (χ3v) is 7.01. The van der Waals surface area contributed by atoms with E-state index in [1.165, 1.54) is 0 Å². The zero-order valence-corrected chi connectivity index (χ0v) is 30.5. The first-order valence-corrected chi connectivity index (χ1v) is 16.7. The Morgan fingerprint density at radius 1 is 0.735 bits per heavy atom. The number of carbonyl (C=O) groups is 6. The van der Waals surface area contributed by atoms with Gasteiger partial charge in [-0.25, -0.2) is 14.4 Å². The van der Waals surface area contributed by atoms with Crippen molar-refractivity contribution in [2.75, 3.05) is 11.9 Å². The van der Waals surface area contributed by atoms with Crippen LogP contribution in [0.3, 0.4) is 0 Å². The van der Waals surface area contributed by atoms with Crippen LogP contribution in [0.4, 0.5) is 20.1 Å². The zero-order chi connectivity index (χ0) is 36.8. The fourth-order valence-electron chi connectivity index (χ4n) is 3.99. The fourth-order valence-corrected chi connectivity index (χ4v) is 4.30. The van der Waals surface area contributed by atoms with Crippen molar-refractivity contribution >= 4 is 64.3 Å². The standard InChI is InChI=1S/C33H45IN6O9/c1-32(2,3)48-30(45)38-23(27(42)40-25(34)26(35)41)13-10-18-36-29(44)47-22-16-14-20(15-17-22)19-24(39-31(46)49-33(4,5)6)28(43)37-21-11-8-7-9-12-21/h7-9,11-12,14-17,23-25H,10,13,18-19H2,1-6H3,(H2,35,41)(H,36,44)(H,37,43)(H,38,45)(H,39,46)(H,40,42)/t23-,24-,25+/m0/s1. The number of hydrogen-bond donors (Lipinski definition) is 6. The summed E-state index contributed by atoms with van der Waals surface area (Å²) in [5, 5.41) is 12.9. The Balaban J connectivity index is 1.96. The fraction of sp³-hybridized carbons (Fsp3) is 0.455. The molecule has 0 aliphatic carbocycles. The molecule has 0 aliphatic rings. The summed E-state index contributed by atoms with van der Waals surface area (Å²) in [6.07, 6.45) is -1.86. The quantitative estimate of drug-likeness (QED) is 0.0707. The second-order valence-corrected chi connectivity index (χ2v) is 14.1. The van der Waals surface area contributed by atoms with Gasteiger partial charge in [0.05, 0.1) is 0 Å². The van der Waals surface area contributed by atoms with Crippen molar-refractivity contribution in [2.45, 2.75) is 88.1 Å². The summed E-state index contributed by atoms with van der Waals surface area (Å²) in [5.74, 6) is -1.63. The van der Waals surface area contributed by atoms with Crippen LogP contribution >= 0.6 is 22.6 Å². The van der Waals surface area contributed by atoms with Crippen molar-refractivity contribution in [3.05, 3.63) is 60.2 Å². The minimum atomic E-state index is -1.07. The third kappa shape index (κ3) is 16.9. The molecule has 0 fully saturated rings.